The molecule has 1 unspecified atom stereocenters. The van der Waals surface area contributed by atoms with E-state index in [4.69, 9.17) is 0 Å². The van der Waals surface area contributed by atoms with E-state index < -0.39 is 0 Å². The highest BCUT2D eigenvalue weighted by Gasteiger charge is 2.18. The highest BCUT2D eigenvalue weighted by atomic mass is 79.9. The third-order valence-electron chi connectivity index (χ3n) is 3.90. The minimum absolute atomic E-state index is 0.293. The summed E-state index contributed by atoms with van der Waals surface area (Å²) in [5.41, 5.74) is 4.48. The third kappa shape index (κ3) is 2.64. The van der Waals surface area contributed by atoms with Crippen molar-refractivity contribution < 1.29 is 0 Å². The van der Waals surface area contributed by atoms with Crippen LogP contribution in [0.5, 0.6) is 0 Å². The normalized spacial score (nSPS) is 16.1. The fraction of sp³-hybridized carbons (Fsp3) is 0.375. The van der Waals surface area contributed by atoms with Crippen molar-refractivity contribution in [2.75, 3.05) is 7.05 Å². The monoisotopic (exact) mass is 335 g/mol. The Hall–Kier alpha value is -0.640. The first-order valence-corrected chi connectivity index (χ1v) is 8.48. The lowest BCUT2D eigenvalue weighted by molar-refractivity contribution is 0.671. The molecule has 2 aromatic rings. The zero-order chi connectivity index (χ0) is 13.2. The summed E-state index contributed by atoms with van der Waals surface area (Å²) < 4.78 is 1.20. The van der Waals surface area contributed by atoms with Gasteiger partial charge in [-0.25, -0.2) is 0 Å². The second kappa shape index (κ2) is 5.78. The Morgan fingerprint density at radius 1 is 1.16 bits per heavy atom. The summed E-state index contributed by atoms with van der Waals surface area (Å²) in [6.07, 6.45) is 5.18. The lowest BCUT2D eigenvalue weighted by atomic mass is 9.89. The molecule has 0 spiro atoms. The van der Waals surface area contributed by atoms with E-state index in [1.807, 2.05) is 7.05 Å². The molecule has 0 bridgehead atoms. The van der Waals surface area contributed by atoms with E-state index in [2.05, 4.69) is 50.9 Å². The first-order valence-electron chi connectivity index (χ1n) is 6.81. The zero-order valence-corrected chi connectivity index (χ0v) is 13.5. The maximum absolute atomic E-state index is 3.65. The lowest BCUT2D eigenvalue weighted by Crippen LogP contribution is -2.17. The molecule has 1 N–H and O–H groups in total. The molecule has 0 saturated heterocycles. The van der Waals surface area contributed by atoms with E-state index in [0.29, 0.717) is 6.04 Å². The number of rotatable bonds is 3. The number of nitrogens with one attached hydrogen (secondary N) is 1. The van der Waals surface area contributed by atoms with Crippen molar-refractivity contribution in [1.82, 2.24) is 5.32 Å². The van der Waals surface area contributed by atoms with Gasteiger partial charge in [0.25, 0.3) is 0 Å². The second-order valence-corrected chi connectivity index (χ2v) is 6.89. The molecule has 100 valence electrons. The van der Waals surface area contributed by atoms with Crippen LogP contribution in [0.1, 0.15) is 40.5 Å². The Labute approximate surface area is 127 Å². The summed E-state index contributed by atoms with van der Waals surface area (Å²) in [5.74, 6) is 0. The third-order valence-corrected chi connectivity index (χ3v) is 5.84. The van der Waals surface area contributed by atoms with Gasteiger partial charge in [-0.15, -0.1) is 11.3 Å². The maximum Gasteiger partial charge on any atom is 0.0680 e. The zero-order valence-electron chi connectivity index (χ0n) is 11.1. The van der Waals surface area contributed by atoms with Gasteiger partial charge in [0.1, 0.15) is 0 Å². The van der Waals surface area contributed by atoms with E-state index in [-0.39, 0.29) is 0 Å². The molecule has 1 aliphatic rings. The van der Waals surface area contributed by atoms with Gasteiger partial charge in [0.2, 0.25) is 0 Å². The topological polar surface area (TPSA) is 12.0 Å². The fourth-order valence-corrected chi connectivity index (χ4v) is 4.63. The number of aryl methyl sites for hydroxylation is 2. The van der Waals surface area contributed by atoms with Crippen LogP contribution in [0.25, 0.3) is 0 Å². The summed E-state index contributed by atoms with van der Waals surface area (Å²) in [4.78, 5) is 1.36. The Morgan fingerprint density at radius 3 is 2.63 bits per heavy atom. The van der Waals surface area contributed by atoms with Gasteiger partial charge in [-0.05, 0) is 76.8 Å². The fourth-order valence-electron chi connectivity index (χ4n) is 2.89. The van der Waals surface area contributed by atoms with Crippen molar-refractivity contribution in [2.45, 2.75) is 31.7 Å². The molecule has 1 heterocycles. The van der Waals surface area contributed by atoms with Crippen LogP contribution in [-0.4, -0.2) is 7.05 Å². The van der Waals surface area contributed by atoms with Crippen LogP contribution < -0.4 is 5.32 Å². The van der Waals surface area contributed by atoms with E-state index in [1.54, 1.807) is 22.5 Å². The van der Waals surface area contributed by atoms with Crippen molar-refractivity contribution in [1.29, 1.82) is 0 Å². The number of hydrogen-bond donors (Lipinski definition) is 1. The average Bonchev–Trinajstić information content (AvgIpc) is 2.86. The van der Waals surface area contributed by atoms with Gasteiger partial charge in [-0.1, -0.05) is 18.2 Å². The standard InChI is InChI=1S/C16H18BrNS/c1-18-15(16-14(17)8-9-19-16)13-7-6-11-4-2-3-5-12(11)10-13/h6-10,15,18H,2-5H2,1H3. The van der Waals surface area contributed by atoms with Gasteiger partial charge in [-0.3, -0.25) is 0 Å². The highest BCUT2D eigenvalue weighted by molar-refractivity contribution is 9.10. The van der Waals surface area contributed by atoms with Crippen LogP contribution in [-0.2, 0) is 12.8 Å². The quantitative estimate of drug-likeness (QED) is 0.857. The minimum atomic E-state index is 0.293. The largest absolute Gasteiger partial charge is 0.309 e. The molecule has 1 aromatic carbocycles. The van der Waals surface area contributed by atoms with E-state index in [0.717, 1.165) is 0 Å². The molecule has 1 nitrogen and oxygen atoms in total. The molecular formula is C16H18BrNS. The van der Waals surface area contributed by atoms with Gasteiger partial charge < -0.3 is 5.32 Å². The molecule has 0 saturated carbocycles. The number of thiophene rings is 1. The highest BCUT2D eigenvalue weighted by Crippen LogP contribution is 2.34. The van der Waals surface area contributed by atoms with Gasteiger partial charge >= 0.3 is 0 Å². The molecular weight excluding hydrogens is 318 g/mol. The number of fused-ring (bicyclic) bond motifs is 1. The van der Waals surface area contributed by atoms with Crippen molar-refractivity contribution in [2.24, 2.45) is 0 Å². The second-order valence-electron chi connectivity index (χ2n) is 5.09. The molecule has 0 fully saturated rings. The first-order chi connectivity index (χ1) is 9.29. The summed E-state index contributed by atoms with van der Waals surface area (Å²) in [6.45, 7) is 0. The molecule has 1 aliphatic carbocycles. The number of hydrogen-bond acceptors (Lipinski definition) is 2. The summed E-state index contributed by atoms with van der Waals surface area (Å²) in [7, 11) is 2.04. The van der Waals surface area contributed by atoms with Crippen molar-refractivity contribution >= 4 is 27.3 Å². The average molecular weight is 336 g/mol. The molecule has 0 amide bonds. The summed E-state index contributed by atoms with van der Waals surface area (Å²) >= 11 is 5.46. The van der Waals surface area contributed by atoms with Gasteiger partial charge in [0.05, 0.1) is 6.04 Å². The van der Waals surface area contributed by atoms with Crippen molar-refractivity contribution in [3.05, 3.63) is 55.7 Å². The van der Waals surface area contributed by atoms with E-state index >= 15 is 0 Å². The van der Waals surface area contributed by atoms with Crippen LogP contribution >= 0.6 is 27.3 Å². The van der Waals surface area contributed by atoms with Crippen molar-refractivity contribution in [3.8, 4) is 0 Å². The van der Waals surface area contributed by atoms with E-state index in [9.17, 15) is 0 Å². The Bertz CT molecular complexity index is 576. The molecule has 1 aromatic heterocycles. The van der Waals surface area contributed by atoms with Crippen LogP contribution in [0, 0.1) is 0 Å². The van der Waals surface area contributed by atoms with Gasteiger partial charge in [-0.2, -0.15) is 0 Å². The predicted octanol–water partition coefficient (Wildman–Crippen LogP) is 4.70. The van der Waals surface area contributed by atoms with Crippen LogP contribution in [0.4, 0.5) is 0 Å². The Kier molecular flexibility index (Phi) is 4.06. The molecule has 0 radical (unpaired) electrons. The van der Waals surface area contributed by atoms with Gasteiger partial charge in [0, 0.05) is 9.35 Å². The Balaban J connectivity index is 1.98. The summed E-state index contributed by atoms with van der Waals surface area (Å²) in [5, 5.41) is 5.59. The predicted molar refractivity (Wildman–Crippen MR) is 86.0 cm³/mol. The SMILES string of the molecule is CNC(c1ccc2c(c1)CCCC2)c1sccc1Br. The van der Waals surface area contributed by atoms with Crippen LogP contribution in [0.3, 0.4) is 0 Å². The minimum Gasteiger partial charge on any atom is -0.309 e. The molecule has 19 heavy (non-hydrogen) atoms. The number of halogens is 1. The smallest absolute Gasteiger partial charge is 0.0680 e. The maximum atomic E-state index is 3.65. The van der Waals surface area contributed by atoms with E-state index in [1.165, 1.54) is 40.6 Å². The molecule has 3 heteroatoms. The molecule has 0 aliphatic heterocycles. The van der Waals surface area contributed by atoms with Gasteiger partial charge in [0.15, 0.2) is 0 Å². The summed E-state index contributed by atoms with van der Waals surface area (Å²) in [6, 6.07) is 9.44. The molecule has 1 atom stereocenters. The molecule has 3 rings (SSSR count). The van der Waals surface area contributed by atoms with Crippen LogP contribution in [0.15, 0.2) is 34.1 Å². The van der Waals surface area contributed by atoms with Crippen LogP contribution in [0.2, 0.25) is 0 Å². The lowest BCUT2D eigenvalue weighted by Gasteiger charge is -2.21. The van der Waals surface area contributed by atoms with Crippen molar-refractivity contribution in [3.63, 3.8) is 0 Å². The Morgan fingerprint density at radius 2 is 1.95 bits per heavy atom. The first kappa shape index (κ1) is 13.3. The number of benzene rings is 1.